The molecule has 2 amide bonds. The summed E-state index contributed by atoms with van der Waals surface area (Å²) >= 11 is 0. The Bertz CT molecular complexity index is 185. The SMILES string of the molecule is CC(=O)OCNC(=O)CN[C-]=O.[Fm]. The first-order chi connectivity index (χ1) is 5.66. The summed E-state index contributed by atoms with van der Waals surface area (Å²) in [6.07, 6.45) is 1.33. The summed E-state index contributed by atoms with van der Waals surface area (Å²) in [6, 6.07) is 0. The van der Waals surface area contributed by atoms with Gasteiger partial charge in [0.05, 0.1) is 6.54 Å². The predicted octanol–water partition coefficient (Wildman–Crippen LogP) is -1.72. The normalized spacial score (nSPS) is 7.77. The van der Waals surface area contributed by atoms with E-state index in [2.05, 4.69) is 10.1 Å². The van der Waals surface area contributed by atoms with Gasteiger partial charge in [-0.25, -0.2) is 0 Å². The smallest absolute Gasteiger partial charge is 0.304 e. The zero-order valence-electron chi connectivity index (χ0n) is 6.84. The summed E-state index contributed by atoms with van der Waals surface area (Å²) < 4.78 is 4.40. The number of hydrogen-bond donors (Lipinski definition) is 2. The molecule has 13 heavy (non-hydrogen) atoms. The zero-order valence-corrected chi connectivity index (χ0v) is 9.24. The van der Waals surface area contributed by atoms with Gasteiger partial charge in [-0.2, -0.15) is 6.41 Å². The number of rotatable bonds is 5. The van der Waals surface area contributed by atoms with Crippen LogP contribution in [-0.2, 0) is 19.1 Å². The number of carbonyl (C=O) groups excluding carboxylic acids is 3. The number of amides is 2. The van der Waals surface area contributed by atoms with Crippen LogP contribution in [0.15, 0.2) is 0 Å². The van der Waals surface area contributed by atoms with E-state index in [0.717, 1.165) is 0 Å². The maximum atomic E-state index is 10.6. The van der Waals surface area contributed by atoms with E-state index in [0.29, 0.717) is 0 Å². The molecule has 0 aromatic carbocycles. The van der Waals surface area contributed by atoms with Crippen molar-refractivity contribution < 1.29 is 19.1 Å². The van der Waals surface area contributed by atoms with Crippen LogP contribution in [0.4, 0.5) is 0 Å². The largest absolute Gasteiger partial charge is 0.522 e. The number of hydrogen-bond acceptors (Lipinski definition) is 4. The van der Waals surface area contributed by atoms with Gasteiger partial charge in [0.15, 0.2) is 6.73 Å². The Morgan fingerprint density at radius 1 is 1.46 bits per heavy atom. The second kappa shape index (κ2) is 7.52. The molecule has 80 valence electrons. The standard InChI is InChI=1S/C6H9N2O4.Fm/c1-5(10)12-4-8-6(11)2-7-3-9;/h2,4H2,1H3,(H,7,9)(H,8,11);/q-1;. The van der Waals surface area contributed by atoms with Gasteiger partial charge in [0, 0.05) is 6.92 Å². The molecule has 0 fully saturated rings. The third-order valence-corrected chi connectivity index (χ3v) is 0.866. The Morgan fingerprint density at radius 2 is 2.08 bits per heavy atom. The molecule has 0 saturated carbocycles. The van der Waals surface area contributed by atoms with Gasteiger partial charge in [0.25, 0.3) is 0 Å². The van der Waals surface area contributed by atoms with E-state index < -0.39 is 11.9 Å². The van der Waals surface area contributed by atoms with Gasteiger partial charge in [-0.15, -0.1) is 0 Å². The number of esters is 1. The molecule has 0 aliphatic heterocycles. The summed E-state index contributed by atoms with van der Waals surface area (Å²) in [5.74, 6) is -0.926. The molecule has 0 saturated heterocycles. The average molecular weight is 430 g/mol. The molecular weight excluding hydrogens is 421 g/mol. The van der Waals surface area contributed by atoms with Crippen molar-refractivity contribution in [3.05, 3.63) is 0 Å². The van der Waals surface area contributed by atoms with E-state index in [4.69, 9.17) is 0 Å². The first kappa shape index (κ1) is 13.0. The van der Waals surface area contributed by atoms with E-state index in [1.807, 2.05) is 5.32 Å². The predicted molar refractivity (Wildman–Crippen MR) is 38.5 cm³/mol. The summed E-state index contributed by atoms with van der Waals surface area (Å²) in [5, 5.41) is 4.25. The molecule has 0 atom stereocenters. The molecule has 0 aliphatic carbocycles. The van der Waals surface area contributed by atoms with Crippen molar-refractivity contribution in [2.75, 3.05) is 13.3 Å². The van der Waals surface area contributed by atoms with Crippen LogP contribution in [0.3, 0.4) is 0 Å². The topological polar surface area (TPSA) is 84.5 Å². The van der Waals surface area contributed by atoms with Gasteiger partial charge >= 0.3 is 5.97 Å². The summed E-state index contributed by atoms with van der Waals surface area (Å²) in [5.41, 5.74) is 0. The van der Waals surface area contributed by atoms with Crippen LogP contribution in [0.2, 0.25) is 0 Å². The zero-order chi connectivity index (χ0) is 9.40. The molecule has 0 radical (unpaired) electrons. The van der Waals surface area contributed by atoms with Crippen molar-refractivity contribution in [3.63, 3.8) is 0 Å². The van der Waals surface area contributed by atoms with Crippen molar-refractivity contribution in [1.82, 2.24) is 10.6 Å². The second-order valence-electron chi connectivity index (χ2n) is 1.84. The molecule has 0 rings (SSSR count). The van der Waals surface area contributed by atoms with Gasteiger partial charge in [-0.05, 0) is 0 Å². The molecule has 6 nitrogen and oxygen atoms in total. The van der Waals surface area contributed by atoms with Crippen molar-refractivity contribution in [3.8, 4) is 0 Å². The Hall–Kier alpha value is -2.59. The van der Waals surface area contributed by atoms with Gasteiger partial charge in [-0.3, -0.25) is 9.59 Å². The van der Waals surface area contributed by atoms with E-state index >= 15 is 0 Å². The molecule has 0 aromatic rings. The van der Waals surface area contributed by atoms with Crippen LogP contribution in [0.5, 0.6) is 0 Å². The molecule has 0 bridgehead atoms. The van der Waals surface area contributed by atoms with Crippen LogP contribution in [-0.4, -0.2) is 31.6 Å². The van der Waals surface area contributed by atoms with Crippen LogP contribution in [0.25, 0.3) is 0 Å². The van der Waals surface area contributed by atoms with Crippen molar-refractivity contribution in [2.45, 2.75) is 6.92 Å². The van der Waals surface area contributed by atoms with Gasteiger partial charge < -0.3 is 20.2 Å². The van der Waals surface area contributed by atoms with Gasteiger partial charge in [-0.1, -0.05) is 0 Å². The first-order valence-electron chi connectivity index (χ1n) is 3.17. The number of nitrogens with one attached hydrogen (secondary N) is 2. The fraction of sp³-hybridized carbons (Fsp3) is 0.500. The third-order valence-electron chi connectivity index (χ3n) is 0.866. The molecular formula is C6H9FmN2O4-. The number of carbonyl (C=O) groups is 2. The van der Waals surface area contributed by atoms with Crippen LogP contribution in [0, 0.1) is 0 Å². The minimum atomic E-state index is -0.481. The Kier molecular flexibility index (Phi) is 7.54. The minimum Gasteiger partial charge on any atom is -0.522 e. The first-order valence-corrected chi connectivity index (χ1v) is 3.17. The molecule has 0 aromatic heterocycles. The number of ether oxygens (including phenoxy) is 1. The average Bonchev–Trinajstić information content (AvgIpc) is 2.00. The minimum absolute atomic E-state index is 0. The maximum Gasteiger partial charge on any atom is 0.304 e. The van der Waals surface area contributed by atoms with Gasteiger partial charge in [0.1, 0.15) is 0 Å². The molecule has 0 aliphatic rings. The fourth-order valence-electron chi connectivity index (χ4n) is 0.397. The summed E-state index contributed by atoms with van der Waals surface area (Å²) in [4.78, 5) is 30.4. The van der Waals surface area contributed by atoms with Gasteiger partial charge in [0.2, 0.25) is 5.91 Å². The summed E-state index contributed by atoms with van der Waals surface area (Å²) in [7, 11) is 0. The van der Waals surface area contributed by atoms with Crippen molar-refractivity contribution in [1.29, 1.82) is 0 Å². The molecule has 0 unspecified atom stereocenters. The van der Waals surface area contributed by atoms with E-state index in [1.165, 1.54) is 13.3 Å². The van der Waals surface area contributed by atoms with E-state index in [1.54, 1.807) is 0 Å². The Balaban J connectivity index is 0. The van der Waals surface area contributed by atoms with Crippen LogP contribution < -0.4 is 10.6 Å². The second-order valence-corrected chi connectivity index (χ2v) is 1.84. The fourth-order valence-corrected chi connectivity index (χ4v) is 0.397. The molecule has 0 heterocycles. The maximum absolute atomic E-state index is 10.6. The van der Waals surface area contributed by atoms with E-state index in [9.17, 15) is 14.4 Å². The molecule has 7 heteroatoms. The van der Waals surface area contributed by atoms with Crippen LogP contribution in [0.1, 0.15) is 6.92 Å². The quantitative estimate of drug-likeness (QED) is 0.235. The third kappa shape index (κ3) is 9.41. The van der Waals surface area contributed by atoms with E-state index in [-0.39, 0.29) is 13.3 Å². The summed E-state index contributed by atoms with van der Waals surface area (Å²) in [6.45, 7) is 0.864. The van der Waals surface area contributed by atoms with Crippen molar-refractivity contribution in [2.24, 2.45) is 0 Å². The molecule has 2 N–H and O–H groups in total. The monoisotopic (exact) mass is 430 g/mol. The van der Waals surface area contributed by atoms with Crippen LogP contribution >= 0.6 is 0 Å². The Morgan fingerprint density at radius 3 is 2.54 bits per heavy atom. The Labute approximate surface area is 69.3 Å². The van der Waals surface area contributed by atoms with Crippen molar-refractivity contribution >= 4 is 18.3 Å². The molecule has 0 spiro atoms.